The van der Waals surface area contributed by atoms with Crippen LogP contribution in [-0.2, 0) is 19.1 Å². The molecule has 2 amide bonds. The second-order valence-electron chi connectivity index (χ2n) is 16.6. The number of ketones is 2. The minimum atomic E-state index is -0.191. The number of nitrogens with zero attached hydrogens (tertiary/aromatic N) is 4. The molecular formula is C53H50N8O6. The summed E-state index contributed by atoms with van der Waals surface area (Å²) in [5, 5.41) is 7.78. The number of carbonyl (C=O) groups excluding carboxylic acids is 4. The first kappa shape index (κ1) is 44.3. The molecule has 0 bridgehead atoms. The maximum absolute atomic E-state index is 13.7. The van der Waals surface area contributed by atoms with E-state index in [1.165, 1.54) is 13.8 Å². The molecule has 4 aromatic heterocycles. The van der Waals surface area contributed by atoms with Crippen LogP contribution in [0.2, 0.25) is 0 Å². The Kier molecular flexibility index (Phi) is 13.0. The zero-order chi connectivity index (χ0) is 46.4. The Morgan fingerprint density at radius 3 is 1.55 bits per heavy atom. The van der Waals surface area contributed by atoms with Gasteiger partial charge in [0.1, 0.15) is 11.6 Å². The lowest BCUT2D eigenvalue weighted by atomic mass is 9.95. The first-order valence-electron chi connectivity index (χ1n) is 22.2. The maximum atomic E-state index is 13.7. The summed E-state index contributed by atoms with van der Waals surface area (Å²) in [7, 11) is 0. The Bertz CT molecular complexity index is 3140. The number of anilines is 4. The third-order valence-electron chi connectivity index (χ3n) is 11.7. The number of aromatic nitrogens is 4. The summed E-state index contributed by atoms with van der Waals surface area (Å²) in [6.45, 7) is 10.4. The molecule has 14 heteroatoms. The van der Waals surface area contributed by atoms with Gasteiger partial charge in [-0.15, -0.1) is 0 Å². The molecule has 0 saturated carbocycles. The molecule has 338 valence electrons. The van der Waals surface area contributed by atoms with E-state index < -0.39 is 0 Å². The second kappa shape index (κ2) is 19.7. The summed E-state index contributed by atoms with van der Waals surface area (Å²) in [6.07, 6.45) is 5.45. The van der Waals surface area contributed by atoms with Crippen LogP contribution in [0.4, 0.5) is 23.0 Å². The van der Waals surface area contributed by atoms with Gasteiger partial charge in [0.2, 0.25) is 11.8 Å². The second-order valence-corrected chi connectivity index (χ2v) is 16.6. The number of ether oxygens (including phenoxy) is 2. The fourth-order valence-corrected chi connectivity index (χ4v) is 8.65. The van der Waals surface area contributed by atoms with E-state index in [0.717, 1.165) is 87.6 Å². The highest BCUT2D eigenvalue weighted by atomic mass is 16.5. The molecule has 10 rings (SSSR count). The molecule has 2 saturated heterocycles. The number of morpholine rings is 2. The number of benzene rings is 4. The van der Waals surface area contributed by atoms with Crippen LogP contribution in [0.3, 0.4) is 0 Å². The number of H-pyrrole nitrogens is 2. The number of amides is 2. The van der Waals surface area contributed by atoms with E-state index in [4.69, 9.17) is 9.47 Å². The van der Waals surface area contributed by atoms with Crippen molar-refractivity contribution in [2.45, 2.75) is 20.8 Å². The van der Waals surface area contributed by atoms with Crippen molar-refractivity contribution in [3.8, 4) is 22.3 Å². The van der Waals surface area contributed by atoms with Crippen LogP contribution in [0.15, 0.2) is 128 Å². The van der Waals surface area contributed by atoms with E-state index >= 15 is 0 Å². The number of rotatable bonds is 10. The van der Waals surface area contributed by atoms with Crippen LogP contribution in [0.25, 0.3) is 44.1 Å². The maximum Gasteiger partial charge on any atom is 0.221 e. The van der Waals surface area contributed by atoms with Gasteiger partial charge in [-0.1, -0.05) is 24.3 Å². The molecule has 0 aliphatic carbocycles. The van der Waals surface area contributed by atoms with Crippen LogP contribution in [0, 0.1) is 6.92 Å². The van der Waals surface area contributed by atoms with Gasteiger partial charge in [-0.05, 0) is 114 Å². The van der Waals surface area contributed by atoms with Crippen molar-refractivity contribution in [2.75, 3.05) is 73.0 Å². The highest BCUT2D eigenvalue weighted by Gasteiger charge is 2.21. The largest absolute Gasteiger partial charge is 0.378 e. The molecule has 4 N–H and O–H groups in total. The smallest absolute Gasteiger partial charge is 0.221 e. The van der Waals surface area contributed by atoms with Gasteiger partial charge in [-0.3, -0.25) is 19.2 Å². The summed E-state index contributed by atoms with van der Waals surface area (Å²) >= 11 is 0. The summed E-state index contributed by atoms with van der Waals surface area (Å²) in [4.78, 5) is 70.6. The molecule has 67 heavy (non-hydrogen) atoms. The van der Waals surface area contributed by atoms with Gasteiger partial charge in [0, 0.05) is 120 Å². The highest BCUT2D eigenvalue weighted by molar-refractivity contribution is 6.12. The van der Waals surface area contributed by atoms with E-state index in [-0.39, 0.29) is 23.4 Å². The fraction of sp³-hybridized carbons (Fsp3) is 0.208. The Morgan fingerprint density at radius 1 is 0.552 bits per heavy atom. The standard InChI is InChI=1S/C27H26N4O3.C26H24N4O3/c1-17-12-20(16-26(29-17)31-8-10-34-11-9-31)27(33)21-13-19(14-22(15-21)30-18(2)32)23-4-3-5-25-24(23)6-7-28-25;1-17(31)29-21-14-19(22-3-2-4-24-23(22)6-8-27-24)13-20(15-21)26(32)18-5-7-28-25(16-18)30-9-11-33-12-10-30/h3-7,12-16,28H,8-11H2,1-2H3,(H,30,32);2-8,13-16,27H,9-12H2,1H3,(H,29,31). The van der Waals surface area contributed by atoms with Crippen molar-refractivity contribution < 1.29 is 28.7 Å². The van der Waals surface area contributed by atoms with Gasteiger partial charge in [0.05, 0.1) is 26.4 Å². The van der Waals surface area contributed by atoms with Crippen LogP contribution in [0.5, 0.6) is 0 Å². The predicted molar refractivity (Wildman–Crippen MR) is 262 cm³/mol. The number of fused-ring (bicyclic) bond motifs is 2. The van der Waals surface area contributed by atoms with E-state index in [2.05, 4.69) is 40.4 Å². The van der Waals surface area contributed by atoms with Crippen LogP contribution in [-0.4, -0.2) is 95.9 Å². The zero-order valence-electron chi connectivity index (χ0n) is 37.5. The third-order valence-corrected chi connectivity index (χ3v) is 11.7. The number of carbonyl (C=O) groups is 4. The predicted octanol–water partition coefficient (Wildman–Crippen LogP) is 8.82. The summed E-state index contributed by atoms with van der Waals surface area (Å²) in [5.74, 6) is 0.923. The molecule has 4 aromatic carbocycles. The number of hydrogen-bond donors (Lipinski definition) is 4. The minimum absolute atomic E-state index is 0.116. The van der Waals surface area contributed by atoms with Crippen LogP contribution < -0.4 is 20.4 Å². The SMILES string of the molecule is CC(=O)Nc1cc(C(=O)c2cc(C)nc(N3CCOCC3)c2)cc(-c2cccc3[nH]ccc23)c1.CC(=O)Nc1cc(C(=O)c2ccnc(N3CCOCC3)c2)cc(-c2cccc3[nH]ccc23)c1. The lowest BCUT2D eigenvalue weighted by Gasteiger charge is -2.28. The zero-order valence-corrected chi connectivity index (χ0v) is 37.5. The Hall–Kier alpha value is -7.94. The molecule has 2 aliphatic heterocycles. The molecule has 2 fully saturated rings. The number of aryl methyl sites for hydroxylation is 1. The molecule has 6 heterocycles. The van der Waals surface area contributed by atoms with Gasteiger partial charge in [0.15, 0.2) is 11.6 Å². The molecule has 0 atom stereocenters. The van der Waals surface area contributed by atoms with Crippen LogP contribution in [0.1, 0.15) is 51.4 Å². The van der Waals surface area contributed by atoms with Gasteiger partial charge in [-0.2, -0.15) is 0 Å². The summed E-state index contributed by atoms with van der Waals surface area (Å²) < 4.78 is 10.9. The molecule has 14 nitrogen and oxygen atoms in total. The molecule has 2 aliphatic rings. The van der Waals surface area contributed by atoms with Gasteiger partial charge in [-0.25, -0.2) is 9.97 Å². The van der Waals surface area contributed by atoms with Gasteiger partial charge in [0.25, 0.3) is 0 Å². The molecule has 0 spiro atoms. The average molecular weight is 895 g/mol. The molecule has 8 aromatic rings. The third kappa shape index (κ3) is 10.2. The normalized spacial score (nSPS) is 13.8. The van der Waals surface area contributed by atoms with Crippen molar-refractivity contribution in [3.63, 3.8) is 0 Å². The van der Waals surface area contributed by atoms with Gasteiger partial charge < -0.3 is 39.9 Å². The Balaban J connectivity index is 0.000000168. The lowest BCUT2D eigenvalue weighted by molar-refractivity contribution is -0.115. The topological polar surface area (TPSA) is 175 Å². The summed E-state index contributed by atoms with van der Waals surface area (Å²) in [6, 6.07) is 34.2. The Morgan fingerprint density at radius 2 is 1.03 bits per heavy atom. The van der Waals surface area contributed by atoms with Crippen molar-refractivity contribution in [1.29, 1.82) is 0 Å². The minimum Gasteiger partial charge on any atom is -0.378 e. The number of aromatic amines is 2. The van der Waals surface area contributed by atoms with E-state index in [0.29, 0.717) is 60.1 Å². The quantitative estimate of drug-likeness (QED) is 0.0972. The van der Waals surface area contributed by atoms with E-state index in [1.807, 2.05) is 110 Å². The number of hydrogen-bond acceptors (Lipinski definition) is 10. The summed E-state index contributed by atoms with van der Waals surface area (Å²) in [5.41, 5.74) is 9.79. The Labute approximate surface area is 387 Å². The first-order valence-corrected chi connectivity index (χ1v) is 22.2. The van der Waals surface area contributed by atoms with Crippen molar-refractivity contribution in [1.82, 2.24) is 19.9 Å². The average Bonchev–Trinajstić information content (AvgIpc) is 4.04. The monoisotopic (exact) mass is 894 g/mol. The number of pyridine rings is 2. The fourth-order valence-electron chi connectivity index (χ4n) is 8.65. The van der Waals surface area contributed by atoms with Crippen LogP contribution >= 0.6 is 0 Å². The van der Waals surface area contributed by atoms with E-state index in [9.17, 15) is 19.2 Å². The number of nitrogens with one attached hydrogen (secondary N) is 4. The van der Waals surface area contributed by atoms with Gasteiger partial charge >= 0.3 is 0 Å². The van der Waals surface area contributed by atoms with Crippen molar-refractivity contribution in [3.05, 3.63) is 156 Å². The van der Waals surface area contributed by atoms with E-state index in [1.54, 1.807) is 24.4 Å². The molecular weight excluding hydrogens is 845 g/mol. The van der Waals surface area contributed by atoms with Crippen molar-refractivity contribution >= 4 is 68.2 Å². The molecule has 0 radical (unpaired) electrons. The highest BCUT2D eigenvalue weighted by Crippen LogP contribution is 2.34. The lowest BCUT2D eigenvalue weighted by Crippen LogP contribution is -2.37. The molecule has 0 unspecified atom stereocenters. The van der Waals surface area contributed by atoms with Crippen molar-refractivity contribution in [2.24, 2.45) is 0 Å². The first-order chi connectivity index (χ1) is 32.6.